The Morgan fingerprint density at radius 1 is 1.05 bits per heavy atom. The standard InChI is InChI=1S/C17H17F2NO/c18-17(19,13-6-2-1-3-7-13)12-20-15-10-11-21-16-9-5-4-8-14(15)16/h1-9,15,20H,10-12H2. The molecular formula is C17H17F2NO. The molecule has 0 radical (unpaired) electrons. The van der Waals surface area contributed by atoms with Crippen molar-refractivity contribution in [3.63, 3.8) is 0 Å². The molecule has 0 aliphatic carbocycles. The minimum absolute atomic E-state index is 0.0397. The number of nitrogens with one attached hydrogen (secondary N) is 1. The molecule has 0 spiro atoms. The fourth-order valence-electron chi connectivity index (χ4n) is 2.59. The maximum atomic E-state index is 14.2. The van der Waals surface area contributed by atoms with Crippen molar-refractivity contribution in [2.75, 3.05) is 13.2 Å². The third-order valence-electron chi connectivity index (χ3n) is 3.73. The maximum absolute atomic E-state index is 14.2. The van der Waals surface area contributed by atoms with E-state index < -0.39 is 5.92 Å². The quantitative estimate of drug-likeness (QED) is 0.922. The van der Waals surface area contributed by atoms with Gasteiger partial charge in [0.05, 0.1) is 13.2 Å². The van der Waals surface area contributed by atoms with Gasteiger partial charge < -0.3 is 10.1 Å². The van der Waals surface area contributed by atoms with Crippen LogP contribution in [0.5, 0.6) is 5.75 Å². The molecule has 21 heavy (non-hydrogen) atoms. The van der Waals surface area contributed by atoms with Gasteiger partial charge in [-0.15, -0.1) is 0 Å². The number of halogens is 2. The normalized spacial score (nSPS) is 17.9. The molecular weight excluding hydrogens is 272 g/mol. The molecule has 1 atom stereocenters. The maximum Gasteiger partial charge on any atom is 0.285 e. The van der Waals surface area contributed by atoms with E-state index in [1.54, 1.807) is 18.2 Å². The monoisotopic (exact) mass is 289 g/mol. The first kappa shape index (κ1) is 14.0. The first-order chi connectivity index (χ1) is 10.2. The largest absolute Gasteiger partial charge is 0.493 e. The summed E-state index contributed by atoms with van der Waals surface area (Å²) in [7, 11) is 0. The zero-order valence-electron chi connectivity index (χ0n) is 11.6. The van der Waals surface area contributed by atoms with Crippen LogP contribution in [0.4, 0.5) is 8.78 Å². The van der Waals surface area contributed by atoms with E-state index in [4.69, 9.17) is 4.74 Å². The fraction of sp³-hybridized carbons (Fsp3) is 0.294. The minimum atomic E-state index is -2.88. The Hall–Kier alpha value is -1.94. The van der Waals surface area contributed by atoms with Gasteiger partial charge in [0.25, 0.3) is 5.92 Å². The van der Waals surface area contributed by atoms with Gasteiger partial charge in [-0.1, -0.05) is 48.5 Å². The first-order valence-corrected chi connectivity index (χ1v) is 7.05. The lowest BCUT2D eigenvalue weighted by atomic mass is 10.00. The number of rotatable bonds is 4. The molecule has 1 aliphatic heterocycles. The summed E-state index contributed by atoms with van der Waals surface area (Å²) in [5.74, 6) is -2.10. The second-order valence-electron chi connectivity index (χ2n) is 5.18. The molecule has 2 aromatic carbocycles. The number of ether oxygens (including phenoxy) is 1. The van der Waals surface area contributed by atoms with Gasteiger partial charge in [-0.05, 0) is 6.07 Å². The van der Waals surface area contributed by atoms with Crippen molar-refractivity contribution < 1.29 is 13.5 Å². The summed E-state index contributed by atoms with van der Waals surface area (Å²) in [6.45, 7) is 0.168. The number of fused-ring (bicyclic) bond motifs is 1. The Kier molecular flexibility index (Phi) is 3.88. The van der Waals surface area contributed by atoms with Crippen LogP contribution in [0, 0.1) is 0 Å². The first-order valence-electron chi connectivity index (χ1n) is 7.05. The summed E-state index contributed by atoms with van der Waals surface area (Å²) < 4.78 is 33.9. The van der Waals surface area contributed by atoms with Crippen molar-refractivity contribution in [2.45, 2.75) is 18.4 Å². The number of hydrogen-bond donors (Lipinski definition) is 1. The van der Waals surface area contributed by atoms with Gasteiger partial charge in [0, 0.05) is 23.6 Å². The van der Waals surface area contributed by atoms with Crippen LogP contribution in [0.1, 0.15) is 23.6 Å². The van der Waals surface area contributed by atoms with Crippen molar-refractivity contribution in [1.82, 2.24) is 5.32 Å². The lowest BCUT2D eigenvalue weighted by Crippen LogP contribution is -2.35. The van der Waals surface area contributed by atoms with E-state index in [0.29, 0.717) is 13.0 Å². The second-order valence-corrected chi connectivity index (χ2v) is 5.18. The number of benzene rings is 2. The molecule has 2 nitrogen and oxygen atoms in total. The molecule has 0 fully saturated rings. The lowest BCUT2D eigenvalue weighted by molar-refractivity contribution is -0.00697. The molecule has 1 heterocycles. The Labute approximate surface area is 122 Å². The molecule has 0 bridgehead atoms. The Morgan fingerprint density at radius 3 is 2.57 bits per heavy atom. The highest BCUT2D eigenvalue weighted by molar-refractivity contribution is 5.37. The van der Waals surface area contributed by atoms with Crippen molar-refractivity contribution >= 4 is 0 Å². The summed E-state index contributed by atoms with van der Waals surface area (Å²) >= 11 is 0. The third kappa shape index (κ3) is 3.05. The van der Waals surface area contributed by atoms with E-state index in [9.17, 15) is 8.78 Å². The molecule has 3 rings (SSSR count). The van der Waals surface area contributed by atoms with Crippen LogP contribution >= 0.6 is 0 Å². The van der Waals surface area contributed by atoms with Crippen LogP contribution in [-0.2, 0) is 5.92 Å². The molecule has 0 saturated carbocycles. The van der Waals surface area contributed by atoms with Gasteiger partial charge in [0.15, 0.2) is 0 Å². The minimum Gasteiger partial charge on any atom is -0.493 e. The van der Waals surface area contributed by atoms with Crippen molar-refractivity contribution in [2.24, 2.45) is 0 Å². The molecule has 0 saturated heterocycles. The number of alkyl halides is 2. The lowest BCUT2D eigenvalue weighted by Gasteiger charge is -2.28. The second kappa shape index (κ2) is 5.82. The van der Waals surface area contributed by atoms with Gasteiger partial charge in [-0.25, -0.2) is 0 Å². The van der Waals surface area contributed by atoms with Crippen molar-refractivity contribution in [3.05, 3.63) is 65.7 Å². The van der Waals surface area contributed by atoms with Crippen LogP contribution in [-0.4, -0.2) is 13.2 Å². The predicted molar refractivity (Wildman–Crippen MR) is 77.6 cm³/mol. The smallest absolute Gasteiger partial charge is 0.285 e. The highest BCUT2D eigenvalue weighted by Crippen LogP contribution is 2.33. The third-order valence-corrected chi connectivity index (χ3v) is 3.73. The van der Waals surface area contributed by atoms with Crippen molar-refractivity contribution in [1.29, 1.82) is 0 Å². The van der Waals surface area contributed by atoms with E-state index in [1.165, 1.54) is 12.1 Å². The zero-order valence-corrected chi connectivity index (χ0v) is 11.6. The van der Waals surface area contributed by atoms with E-state index >= 15 is 0 Å². The summed E-state index contributed by atoms with van der Waals surface area (Å²) in [5, 5.41) is 2.99. The molecule has 1 aliphatic rings. The summed E-state index contributed by atoms with van der Waals surface area (Å²) in [5.41, 5.74) is 0.991. The average Bonchev–Trinajstić information content (AvgIpc) is 2.54. The van der Waals surface area contributed by atoms with Gasteiger partial charge in [0.2, 0.25) is 0 Å². The van der Waals surface area contributed by atoms with Gasteiger partial charge in [-0.2, -0.15) is 8.78 Å². The Balaban J connectivity index is 1.71. The number of hydrogen-bond acceptors (Lipinski definition) is 2. The Bertz CT molecular complexity index is 601. The van der Waals surface area contributed by atoms with E-state index in [-0.39, 0.29) is 18.2 Å². The Morgan fingerprint density at radius 2 is 1.76 bits per heavy atom. The number of para-hydroxylation sites is 1. The molecule has 2 aromatic rings. The summed E-state index contributed by atoms with van der Waals surface area (Å²) in [6, 6.07) is 15.4. The van der Waals surface area contributed by atoms with Gasteiger partial charge >= 0.3 is 0 Å². The highest BCUT2D eigenvalue weighted by atomic mass is 19.3. The SMILES string of the molecule is FC(F)(CNC1CCOc2ccccc21)c1ccccc1. The summed E-state index contributed by atoms with van der Waals surface area (Å²) in [6.07, 6.45) is 0.696. The summed E-state index contributed by atoms with van der Waals surface area (Å²) in [4.78, 5) is 0. The molecule has 1 N–H and O–H groups in total. The van der Waals surface area contributed by atoms with Crippen LogP contribution in [0.15, 0.2) is 54.6 Å². The van der Waals surface area contributed by atoms with Crippen LogP contribution in [0.25, 0.3) is 0 Å². The fourth-order valence-corrected chi connectivity index (χ4v) is 2.59. The van der Waals surface area contributed by atoms with E-state index in [1.807, 2.05) is 24.3 Å². The van der Waals surface area contributed by atoms with Gasteiger partial charge in [-0.3, -0.25) is 0 Å². The van der Waals surface area contributed by atoms with Gasteiger partial charge in [0.1, 0.15) is 5.75 Å². The van der Waals surface area contributed by atoms with Crippen LogP contribution in [0.3, 0.4) is 0 Å². The van der Waals surface area contributed by atoms with Crippen LogP contribution < -0.4 is 10.1 Å². The van der Waals surface area contributed by atoms with Crippen LogP contribution in [0.2, 0.25) is 0 Å². The van der Waals surface area contributed by atoms with E-state index in [2.05, 4.69) is 5.32 Å². The van der Waals surface area contributed by atoms with Crippen molar-refractivity contribution in [3.8, 4) is 5.75 Å². The zero-order chi connectivity index (χ0) is 14.7. The molecule has 4 heteroatoms. The predicted octanol–water partition coefficient (Wildman–Crippen LogP) is 3.89. The molecule has 0 amide bonds. The molecule has 1 unspecified atom stereocenters. The molecule has 110 valence electrons. The highest BCUT2D eigenvalue weighted by Gasteiger charge is 2.33. The topological polar surface area (TPSA) is 21.3 Å². The van der Waals surface area contributed by atoms with E-state index in [0.717, 1.165) is 11.3 Å². The molecule has 0 aromatic heterocycles. The average molecular weight is 289 g/mol.